The van der Waals surface area contributed by atoms with E-state index in [-0.39, 0.29) is 0 Å². The van der Waals surface area contributed by atoms with E-state index in [9.17, 15) is 26.7 Å². The second kappa shape index (κ2) is 7.87. The van der Waals surface area contributed by atoms with Gasteiger partial charge in [0.15, 0.2) is 23.3 Å². The van der Waals surface area contributed by atoms with Gasteiger partial charge in [-0.15, -0.1) is 11.3 Å². The van der Waals surface area contributed by atoms with Gasteiger partial charge in [0, 0.05) is 10.4 Å². The van der Waals surface area contributed by atoms with Crippen LogP contribution >= 0.6 is 11.3 Å². The molecule has 1 atom stereocenters. The largest absolute Gasteiger partial charge is 0.344 e. The molecule has 0 saturated heterocycles. The number of benzene rings is 2. The van der Waals surface area contributed by atoms with Crippen molar-refractivity contribution >= 4 is 17.2 Å². The molecule has 0 unspecified atom stereocenters. The lowest BCUT2D eigenvalue weighted by atomic mass is 10.0. The van der Waals surface area contributed by atoms with Gasteiger partial charge in [0.1, 0.15) is 0 Å². The minimum absolute atomic E-state index is 0.611. The fourth-order valence-electron chi connectivity index (χ4n) is 2.60. The van der Waals surface area contributed by atoms with Gasteiger partial charge in [0.25, 0.3) is 0 Å². The van der Waals surface area contributed by atoms with E-state index in [1.54, 1.807) is 47.8 Å². The van der Waals surface area contributed by atoms with Crippen LogP contribution in [0.5, 0.6) is 0 Å². The van der Waals surface area contributed by atoms with Gasteiger partial charge in [0.2, 0.25) is 11.7 Å². The summed E-state index contributed by atoms with van der Waals surface area (Å²) in [7, 11) is 0. The van der Waals surface area contributed by atoms with Crippen molar-refractivity contribution in [1.29, 1.82) is 0 Å². The van der Waals surface area contributed by atoms with Gasteiger partial charge in [-0.25, -0.2) is 22.0 Å². The molecule has 2 aromatic carbocycles. The van der Waals surface area contributed by atoms with Gasteiger partial charge in [-0.05, 0) is 17.0 Å². The molecule has 1 N–H and O–H groups in total. The van der Waals surface area contributed by atoms with Crippen molar-refractivity contribution < 1.29 is 26.7 Å². The molecule has 1 aromatic heterocycles. The van der Waals surface area contributed by atoms with Crippen LogP contribution in [-0.2, 0) is 11.2 Å². The van der Waals surface area contributed by atoms with Crippen LogP contribution in [0.25, 0.3) is 0 Å². The lowest BCUT2D eigenvalue weighted by Gasteiger charge is -2.18. The first-order valence-electron chi connectivity index (χ1n) is 7.78. The predicted octanol–water partition coefficient (Wildman–Crippen LogP) is 4.89. The molecule has 1 heterocycles. The van der Waals surface area contributed by atoms with Crippen molar-refractivity contribution in [3.63, 3.8) is 0 Å². The van der Waals surface area contributed by atoms with Crippen LogP contribution in [0, 0.1) is 29.1 Å². The number of rotatable bonds is 5. The Labute approximate surface area is 155 Å². The number of hydrogen-bond donors (Lipinski definition) is 1. The molecule has 2 nitrogen and oxygen atoms in total. The van der Waals surface area contributed by atoms with E-state index in [0.29, 0.717) is 5.56 Å². The Balaban J connectivity index is 1.88. The maximum Gasteiger partial charge on any atom is 0.225 e. The fraction of sp³-hybridized carbons (Fsp3) is 0.105. The number of carbonyl (C=O) groups is 1. The molecule has 0 aliphatic rings. The fourth-order valence-corrected chi connectivity index (χ4v) is 3.40. The molecule has 0 saturated carbocycles. The third-order valence-electron chi connectivity index (χ3n) is 3.90. The van der Waals surface area contributed by atoms with Crippen molar-refractivity contribution in [2.75, 3.05) is 0 Å². The number of hydrogen-bond acceptors (Lipinski definition) is 2. The summed E-state index contributed by atoms with van der Waals surface area (Å²) in [5.41, 5.74) is -0.451. The highest BCUT2D eigenvalue weighted by molar-refractivity contribution is 7.10. The average molecular weight is 397 g/mol. The van der Waals surface area contributed by atoms with Crippen LogP contribution in [0.1, 0.15) is 22.0 Å². The van der Waals surface area contributed by atoms with Crippen LogP contribution in [0.3, 0.4) is 0 Å². The topological polar surface area (TPSA) is 29.1 Å². The Morgan fingerprint density at radius 2 is 1.44 bits per heavy atom. The molecule has 3 aromatic rings. The molecule has 1 amide bonds. The summed E-state index contributed by atoms with van der Waals surface area (Å²) in [5, 5.41) is 4.38. The van der Waals surface area contributed by atoms with Crippen LogP contribution in [0.15, 0.2) is 47.8 Å². The monoisotopic (exact) mass is 397 g/mol. The summed E-state index contributed by atoms with van der Waals surface area (Å²) < 4.78 is 67.3. The number of carbonyl (C=O) groups excluding carboxylic acids is 1. The minimum Gasteiger partial charge on any atom is -0.344 e. The van der Waals surface area contributed by atoms with E-state index in [1.165, 1.54) is 11.3 Å². The summed E-state index contributed by atoms with van der Waals surface area (Å²) >= 11 is 1.35. The molecule has 140 valence electrons. The number of amides is 1. The number of thiophene rings is 1. The first kappa shape index (κ1) is 19.0. The van der Waals surface area contributed by atoms with Gasteiger partial charge in [-0.2, -0.15) is 0 Å². The van der Waals surface area contributed by atoms with Crippen molar-refractivity contribution in [2.45, 2.75) is 12.5 Å². The number of halogens is 5. The Morgan fingerprint density at radius 1 is 0.852 bits per heavy atom. The molecule has 0 aliphatic heterocycles. The molecule has 8 heteroatoms. The Kier molecular flexibility index (Phi) is 5.55. The zero-order valence-electron chi connectivity index (χ0n) is 13.6. The Bertz CT molecular complexity index is 931. The van der Waals surface area contributed by atoms with E-state index in [1.807, 2.05) is 0 Å². The van der Waals surface area contributed by atoms with Crippen LogP contribution in [0.2, 0.25) is 0 Å². The molecule has 0 fully saturated rings. The van der Waals surface area contributed by atoms with Crippen LogP contribution in [-0.4, -0.2) is 5.91 Å². The molecular formula is C19H12F5NOS. The van der Waals surface area contributed by atoms with Gasteiger partial charge in [-0.1, -0.05) is 36.4 Å². The second-order valence-corrected chi connectivity index (χ2v) is 6.63. The SMILES string of the molecule is O=C(Cc1c(F)c(F)c(F)c(F)c1F)N[C@@H](c1ccccc1)c1cccs1. The first-order valence-corrected chi connectivity index (χ1v) is 8.66. The highest BCUT2D eigenvalue weighted by Gasteiger charge is 2.27. The molecular weight excluding hydrogens is 385 g/mol. The van der Waals surface area contributed by atoms with Gasteiger partial charge >= 0.3 is 0 Å². The van der Waals surface area contributed by atoms with Crippen molar-refractivity contribution in [1.82, 2.24) is 5.32 Å². The third-order valence-corrected chi connectivity index (χ3v) is 4.84. The summed E-state index contributed by atoms with van der Waals surface area (Å²) in [6, 6.07) is 11.7. The Morgan fingerprint density at radius 3 is 2.00 bits per heavy atom. The molecule has 3 rings (SSSR count). The van der Waals surface area contributed by atoms with E-state index in [0.717, 1.165) is 4.88 Å². The van der Waals surface area contributed by atoms with Gasteiger partial charge < -0.3 is 5.32 Å². The van der Waals surface area contributed by atoms with E-state index >= 15 is 0 Å². The lowest BCUT2D eigenvalue weighted by molar-refractivity contribution is -0.121. The molecule has 0 aliphatic carbocycles. The smallest absolute Gasteiger partial charge is 0.225 e. The highest BCUT2D eigenvalue weighted by Crippen LogP contribution is 2.27. The minimum atomic E-state index is -2.25. The Hall–Kier alpha value is -2.74. The first-order chi connectivity index (χ1) is 12.9. The molecule has 27 heavy (non-hydrogen) atoms. The maximum atomic E-state index is 13.8. The second-order valence-electron chi connectivity index (χ2n) is 5.65. The van der Waals surface area contributed by atoms with E-state index in [4.69, 9.17) is 0 Å². The quantitative estimate of drug-likeness (QED) is 0.371. The number of nitrogens with one attached hydrogen (secondary N) is 1. The summed E-state index contributed by atoms with van der Waals surface area (Å²) in [6.45, 7) is 0. The highest BCUT2D eigenvalue weighted by atomic mass is 32.1. The lowest BCUT2D eigenvalue weighted by Crippen LogP contribution is -2.31. The summed E-state index contributed by atoms with van der Waals surface area (Å²) in [5.74, 6) is -11.3. The normalized spacial score (nSPS) is 12.0. The van der Waals surface area contributed by atoms with E-state index < -0.39 is 53.0 Å². The van der Waals surface area contributed by atoms with Crippen molar-refractivity contribution in [2.24, 2.45) is 0 Å². The zero-order valence-corrected chi connectivity index (χ0v) is 14.4. The van der Waals surface area contributed by atoms with Gasteiger partial charge in [-0.3, -0.25) is 4.79 Å². The standard InChI is InChI=1S/C19H12F5NOS/c20-14-11(15(21)17(23)18(24)16(14)22)9-13(26)25-19(12-7-4-8-27-12)10-5-2-1-3-6-10/h1-8,19H,9H2,(H,25,26)/t19-/m0/s1. The van der Waals surface area contributed by atoms with Crippen molar-refractivity contribution in [3.8, 4) is 0 Å². The summed E-state index contributed by atoms with van der Waals surface area (Å²) in [6.07, 6.45) is -0.986. The third kappa shape index (κ3) is 3.85. The summed E-state index contributed by atoms with van der Waals surface area (Å²) in [4.78, 5) is 13.1. The zero-order chi connectivity index (χ0) is 19.6. The molecule has 0 bridgehead atoms. The maximum absolute atomic E-state index is 13.8. The molecule has 0 spiro atoms. The van der Waals surface area contributed by atoms with Crippen LogP contribution < -0.4 is 5.32 Å². The predicted molar refractivity (Wildman–Crippen MR) is 90.7 cm³/mol. The van der Waals surface area contributed by atoms with Crippen molar-refractivity contribution in [3.05, 3.63) is 92.9 Å². The van der Waals surface area contributed by atoms with E-state index in [2.05, 4.69) is 5.32 Å². The van der Waals surface area contributed by atoms with Gasteiger partial charge in [0.05, 0.1) is 12.5 Å². The average Bonchev–Trinajstić information content (AvgIpc) is 3.21. The molecule has 0 radical (unpaired) electrons. The van der Waals surface area contributed by atoms with Crippen LogP contribution in [0.4, 0.5) is 22.0 Å².